The molecule has 1 aliphatic rings. The summed E-state index contributed by atoms with van der Waals surface area (Å²) in [6, 6.07) is 8.16. The molecule has 0 saturated carbocycles. The van der Waals surface area contributed by atoms with Gasteiger partial charge in [0, 0.05) is 38.4 Å². The molecule has 1 heterocycles. The van der Waals surface area contributed by atoms with Crippen molar-refractivity contribution in [2.24, 2.45) is 5.92 Å². The number of hydrogen-bond acceptors (Lipinski definition) is 3. The number of carbonyl (C=O) groups is 1. The van der Waals surface area contributed by atoms with Crippen molar-refractivity contribution in [3.63, 3.8) is 0 Å². The molecule has 0 radical (unpaired) electrons. The van der Waals surface area contributed by atoms with Gasteiger partial charge in [-0.2, -0.15) is 0 Å². The fraction of sp³-hybridized carbons (Fsp3) is 0.611. The van der Waals surface area contributed by atoms with E-state index in [1.807, 2.05) is 17.0 Å². The van der Waals surface area contributed by atoms with E-state index in [1.54, 1.807) is 7.11 Å². The second-order valence-corrected chi connectivity index (χ2v) is 6.44. The highest BCUT2D eigenvalue weighted by molar-refractivity contribution is 5.74. The summed E-state index contributed by atoms with van der Waals surface area (Å²) >= 11 is 0. The van der Waals surface area contributed by atoms with Crippen LogP contribution in [0, 0.1) is 5.92 Å². The maximum atomic E-state index is 12.1. The Hall–Kier alpha value is -1.91. The van der Waals surface area contributed by atoms with Gasteiger partial charge in [-0.15, -0.1) is 0 Å². The summed E-state index contributed by atoms with van der Waals surface area (Å²) < 4.78 is 5.19. The zero-order valence-electron chi connectivity index (χ0n) is 14.5. The molecule has 1 aliphatic heterocycles. The summed E-state index contributed by atoms with van der Waals surface area (Å²) in [5.41, 5.74) is 1.18. The number of urea groups is 1. The number of hydrogen-bond donors (Lipinski definition) is 1. The lowest BCUT2D eigenvalue weighted by molar-refractivity contribution is 0.194. The van der Waals surface area contributed by atoms with Crippen LogP contribution in [-0.2, 0) is 0 Å². The summed E-state index contributed by atoms with van der Waals surface area (Å²) in [6.45, 7) is 8.46. The maximum absolute atomic E-state index is 12.1. The molecule has 5 heteroatoms. The van der Waals surface area contributed by atoms with Crippen molar-refractivity contribution in [1.82, 2.24) is 10.2 Å². The van der Waals surface area contributed by atoms with Crippen molar-refractivity contribution < 1.29 is 9.53 Å². The first-order valence-electron chi connectivity index (χ1n) is 8.52. The van der Waals surface area contributed by atoms with Crippen LogP contribution >= 0.6 is 0 Å². The minimum atomic E-state index is 0.0723. The van der Waals surface area contributed by atoms with Crippen LogP contribution in [0.4, 0.5) is 10.5 Å². The summed E-state index contributed by atoms with van der Waals surface area (Å²) in [5, 5.41) is 3.03. The van der Waals surface area contributed by atoms with Crippen LogP contribution in [0.15, 0.2) is 24.3 Å². The number of rotatable bonds is 6. The summed E-state index contributed by atoms with van der Waals surface area (Å²) in [7, 11) is 1.67. The Bertz CT molecular complexity index is 480. The third kappa shape index (κ3) is 5.34. The Labute approximate surface area is 139 Å². The lowest BCUT2D eigenvalue weighted by atomic mass is 10.1. The van der Waals surface area contributed by atoms with Crippen LogP contribution in [0.1, 0.15) is 26.7 Å². The second-order valence-electron chi connectivity index (χ2n) is 6.44. The Balaban J connectivity index is 1.73. The van der Waals surface area contributed by atoms with Crippen LogP contribution in [0.25, 0.3) is 0 Å². The molecule has 128 valence electrons. The van der Waals surface area contributed by atoms with E-state index in [9.17, 15) is 4.79 Å². The predicted molar refractivity (Wildman–Crippen MR) is 94.3 cm³/mol. The first-order valence-corrected chi connectivity index (χ1v) is 8.52. The van der Waals surface area contributed by atoms with Crippen molar-refractivity contribution in [3.8, 4) is 5.75 Å². The molecule has 5 nitrogen and oxygen atoms in total. The Kier molecular flexibility index (Phi) is 6.56. The van der Waals surface area contributed by atoms with Gasteiger partial charge in [0.15, 0.2) is 0 Å². The van der Waals surface area contributed by atoms with Crippen molar-refractivity contribution in [2.45, 2.75) is 26.7 Å². The number of benzene rings is 1. The van der Waals surface area contributed by atoms with E-state index in [0.29, 0.717) is 5.92 Å². The zero-order valence-corrected chi connectivity index (χ0v) is 14.5. The second kappa shape index (κ2) is 8.65. The van der Waals surface area contributed by atoms with E-state index in [4.69, 9.17) is 4.74 Å². The Morgan fingerprint density at radius 3 is 2.39 bits per heavy atom. The zero-order chi connectivity index (χ0) is 16.7. The normalized spacial score (nSPS) is 15.0. The molecule has 1 saturated heterocycles. The molecule has 0 aromatic heterocycles. The molecule has 0 atom stereocenters. The summed E-state index contributed by atoms with van der Waals surface area (Å²) in [4.78, 5) is 16.4. The third-order valence-electron chi connectivity index (χ3n) is 4.24. The lowest BCUT2D eigenvalue weighted by Gasteiger charge is -2.36. The minimum absolute atomic E-state index is 0.0723. The van der Waals surface area contributed by atoms with E-state index >= 15 is 0 Å². The molecule has 0 unspecified atom stereocenters. The number of ether oxygens (including phenoxy) is 1. The van der Waals surface area contributed by atoms with Crippen molar-refractivity contribution >= 4 is 11.7 Å². The topological polar surface area (TPSA) is 44.8 Å². The highest BCUT2D eigenvalue weighted by atomic mass is 16.5. The lowest BCUT2D eigenvalue weighted by Crippen LogP contribution is -2.52. The van der Waals surface area contributed by atoms with E-state index < -0.39 is 0 Å². The Morgan fingerprint density at radius 1 is 1.17 bits per heavy atom. The van der Waals surface area contributed by atoms with Crippen LogP contribution in [-0.4, -0.2) is 50.8 Å². The number of nitrogens with one attached hydrogen (secondary N) is 1. The standard InChI is InChI=1S/C18H29N3O2/c1-15(2)5-4-10-19-18(22)21-13-11-20(12-14-21)16-6-8-17(23-3)9-7-16/h6-9,15H,4-5,10-14H2,1-3H3,(H,19,22). The number of carbonyl (C=O) groups excluding carboxylic acids is 1. The minimum Gasteiger partial charge on any atom is -0.497 e. The van der Waals surface area contributed by atoms with Crippen LogP contribution < -0.4 is 15.0 Å². The van der Waals surface area contributed by atoms with E-state index in [1.165, 1.54) is 5.69 Å². The maximum Gasteiger partial charge on any atom is 0.317 e. The molecule has 0 bridgehead atoms. The van der Waals surface area contributed by atoms with Crippen molar-refractivity contribution in [1.29, 1.82) is 0 Å². The van der Waals surface area contributed by atoms with Crippen LogP contribution in [0.2, 0.25) is 0 Å². The number of piperazine rings is 1. The van der Waals surface area contributed by atoms with Gasteiger partial charge in [0.2, 0.25) is 0 Å². The Morgan fingerprint density at radius 2 is 1.83 bits per heavy atom. The van der Waals surface area contributed by atoms with Crippen molar-refractivity contribution in [3.05, 3.63) is 24.3 Å². The molecule has 23 heavy (non-hydrogen) atoms. The fourth-order valence-corrected chi connectivity index (χ4v) is 2.78. The van der Waals surface area contributed by atoms with Crippen molar-refractivity contribution in [2.75, 3.05) is 44.7 Å². The SMILES string of the molecule is COc1ccc(N2CCN(C(=O)NCCCC(C)C)CC2)cc1. The molecule has 1 aromatic rings. The molecular weight excluding hydrogens is 290 g/mol. The number of nitrogens with zero attached hydrogens (tertiary/aromatic N) is 2. The van der Waals surface area contributed by atoms with Gasteiger partial charge in [-0.25, -0.2) is 4.79 Å². The molecule has 2 rings (SSSR count). The van der Waals surface area contributed by atoms with Gasteiger partial charge >= 0.3 is 6.03 Å². The van der Waals surface area contributed by atoms with E-state index in [0.717, 1.165) is 51.3 Å². The number of amides is 2. The van der Waals surface area contributed by atoms with Gasteiger partial charge in [0.25, 0.3) is 0 Å². The summed E-state index contributed by atoms with van der Waals surface area (Å²) in [6.07, 6.45) is 2.21. The smallest absolute Gasteiger partial charge is 0.317 e. The van der Waals surface area contributed by atoms with Gasteiger partial charge < -0.3 is 19.9 Å². The number of anilines is 1. The molecule has 2 amide bonds. The molecule has 0 aliphatic carbocycles. The molecule has 1 N–H and O–H groups in total. The highest BCUT2D eigenvalue weighted by Crippen LogP contribution is 2.20. The third-order valence-corrected chi connectivity index (χ3v) is 4.24. The van der Waals surface area contributed by atoms with Crippen LogP contribution in [0.3, 0.4) is 0 Å². The average molecular weight is 319 g/mol. The van der Waals surface area contributed by atoms with Gasteiger partial charge in [0.1, 0.15) is 5.75 Å². The quantitative estimate of drug-likeness (QED) is 0.820. The fourth-order valence-electron chi connectivity index (χ4n) is 2.78. The van der Waals surface area contributed by atoms with E-state index in [-0.39, 0.29) is 6.03 Å². The first-order chi connectivity index (χ1) is 11.1. The van der Waals surface area contributed by atoms with Gasteiger partial charge in [-0.3, -0.25) is 0 Å². The molecule has 1 aromatic carbocycles. The average Bonchev–Trinajstić information content (AvgIpc) is 2.58. The number of methoxy groups -OCH3 is 1. The first kappa shape index (κ1) is 17.4. The van der Waals surface area contributed by atoms with Gasteiger partial charge in [0.05, 0.1) is 7.11 Å². The molecular formula is C18H29N3O2. The van der Waals surface area contributed by atoms with Gasteiger partial charge in [-0.1, -0.05) is 13.8 Å². The largest absolute Gasteiger partial charge is 0.497 e. The van der Waals surface area contributed by atoms with E-state index in [2.05, 4.69) is 36.2 Å². The molecule has 0 spiro atoms. The molecule has 1 fully saturated rings. The van der Waals surface area contributed by atoms with Crippen LogP contribution in [0.5, 0.6) is 5.75 Å². The monoisotopic (exact) mass is 319 g/mol. The van der Waals surface area contributed by atoms with Gasteiger partial charge in [-0.05, 0) is 43.0 Å². The summed E-state index contributed by atoms with van der Waals surface area (Å²) in [5.74, 6) is 1.56. The highest BCUT2D eigenvalue weighted by Gasteiger charge is 2.20. The predicted octanol–water partition coefficient (Wildman–Crippen LogP) is 2.96.